The van der Waals surface area contributed by atoms with Gasteiger partial charge < -0.3 is 15.5 Å². The summed E-state index contributed by atoms with van der Waals surface area (Å²) in [6, 6.07) is 14.1. The Balaban J connectivity index is 1.63. The molecule has 1 aliphatic rings. The molecule has 0 aromatic heterocycles. The third-order valence-corrected chi connectivity index (χ3v) is 7.20. The number of rotatable bonds is 8. The lowest BCUT2D eigenvalue weighted by Crippen LogP contribution is -2.45. The molecule has 0 spiro atoms. The summed E-state index contributed by atoms with van der Waals surface area (Å²) in [5, 5.41) is 22.2. The number of carboxylic acid groups (broad SMARTS) is 1. The van der Waals surface area contributed by atoms with E-state index in [1.165, 1.54) is 0 Å². The number of hydrogen-bond acceptors (Lipinski definition) is 4. The van der Waals surface area contributed by atoms with E-state index in [4.69, 9.17) is 0 Å². The molecule has 1 saturated heterocycles. The van der Waals surface area contributed by atoms with E-state index in [1.54, 1.807) is 12.1 Å². The molecule has 0 radical (unpaired) electrons. The molecular weight excluding hydrogens is 519 g/mol. The van der Waals surface area contributed by atoms with Crippen LogP contribution in [-0.4, -0.2) is 46.1 Å². The summed E-state index contributed by atoms with van der Waals surface area (Å²) >= 11 is 2.20. The van der Waals surface area contributed by atoms with E-state index in [0.717, 1.165) is 27.7 Å². The van der Waals surface area contributed by atoms with E-state index in [0.29, 0.717) is 18.4 Å². The van der Waals surface area contributed by atoms with Crippen molar-refractivity contribution in [3.05, 3.63) is 63.2 Å². The van der Waals surface area contributed by atoms with Crippen molar-refractivity contribution in [1.82, 2.24) is 10.2 Å². The monoisotopic (exact) mass is 550 g/mol. The summed E-state index contributed by atoms with van der Waals surface area (Å²) in [5.41, 5.74) is 1.92. The number of phenolic OH excluding ortho intramolecular Hbond substituents is 1. The predicted octanol–water partition coefficient (Wildman–Crippen LogP) is 4.22. The number of carbonyl (C=O) groups excluding carboxylic acids is 1. The lowest BCUT2D eigenvalue weighted by molar-refractivity contribution is -0.141. The SMILES string of the molecule is C[C@@H]1CCN(CCC(=O)N[C@@H](Cc2ccc(I)cc2)C(=O)O)C(c2cccc(O)c2)[C@@H]1C. The van der Waals surface area contributed by atoms with Crippen LogP contribution in [0.25, 0.3) is 0 Å². The first-order valence-corrected chi connectivity index (χ1v) is 12.1. The molecule has 1 unspecified atom stereocenters. The van der Waals surface area contributed by atoms with E-state index in [2.05, 4.69) is 46.7 Å². The van der Waals surface area contributed by atoms with E-state index in [9.17, 15) is 19.8 Å². The van der Waals surface area contributed by atoms with Gasteiger partial charge in [0.05, 0.1) is 0 Å². The van der Waals surface area contributed by atoms with Gasteiger partial charge in [-0.3, -0.25) is 9.69 Å². The van der Waals surface area contributed by atoms with Crippen LogP contribution < -0.4 is 5.32 Å². The van der Waals surface area contributed by atoms with Gasteiger partial charge in [0.15, 0.2) is 0 Å². The van der Waals surface area contributed by atoms with Crippen LogP contribution in [0.15, 0.2) is 48.5 Å². The number of likely N-dealkylation sites (tertiary alicyclic amines) is 1. The van der Waals surface area contributed by atoms with Crippen LogP contribution in [0.4, 0.5) is 0 Å². The highest BCUT2D eigenvalue weighted by atomic mass is 127. The van der Waals surface area contributed by atoms with E-state index in [1.807, 2.05) is 36.4 Å². The Morgan fingerprint density at radius 1 is 1.19 bits per heavy atom. The van der Waals surface area contributed by atoms with Gasteiger partial charge in [0.2, 0.25) is 5.91 Å². The summed E-state index contributed by atoms with van der Waals surface area (Å²) < 4.78 is 1.08. The number of nitrogens with zero attached hydrogens (tertiary/aromatic N) is 1. The fourth-order valence-electron chi connectivity index (χ4n) is 4.46. The number of aromatic hydroxyl groups is 1. The van der Waals surface area contributed by atoms with Gasteiger partial charge in [-0.15, -0.1) is 0 Å². The van der Waals surface area contributed by atoms with Crippen LogP contribution in [0.5, 0.6) is 5.75 Å². The van der Waals surface area contributed by atoms with Gasteiger partial charge in [-0.25, -0.2) is 4.79 Å². The summed E-state index contributed by atoms with van der Waals surface area (Å²) in [5.74, 6) is -0.136. The first kappa shape index (κ1) is 24.5. The van der Waals surface area contributed by atoms with Crippen molar-refractivity contribution in [2.75, 3.05) is 13.1 Å². The highest BCUT2D eigenvalue weighted by Crippen LogP contribution is 2.39. The summed E-state index contributed by atoms with van der Waals surface area (Å²) in [4.78, 5) is 26.6. The largest absolute Gasteiger partial charge is 0.508 e. The number of amides is 1. The Labute approximate surface area is 203 Å². The maximum Gasteiger partial charge on any atom is 0.326 e. The standard InChI is InChI=1S/C25H31IN2O4/c1-16-10-12-28(24(17(16)2)19-4-3-5-21(29)15-19)13-11-23(30)27-22(25(31)32)14-18-6-8-20(26)9-7-18/h3-9,15-17,22,24,29H,10-14H2,1-2H3,(H,27,30)(H,31,32)/t16-,17-,22+,24?/m1/s1. The molecule has 1 aliphatic heterocycles. The van der Waals surface area contributed by atoms with E-state index in [-0.39, 0.29) is 30.5 Å². The molecule has 172 valence electrons. The normalized spacial score (nSPS) is 22.3. The Morgan fingerprint density at radius 3 is 2.56 bits per heavy atom. The van der Waals surface area contributed by atoms with Crippen molar-refractivity contribution in [2.45, 2.75) is 45.2 Å². The predicted molar refractivity (Wildman–Crippen MR) is 132 cm³/mol. The zero-order valence-corrected chi connectivity index (χ0v) is 20.7. The van der Waals surface area contributed by atoms with Gasteiger partial charge in [-0.1, -0.05) is 38.1 Å². The number of carbonyl (C=O) groups is 2. The average molecular weight is 550 g/mol. The van der Waals surface area contributed by atoms with Gasteiger partial charge in [0.1, 0.15) is 11.8 Å². The lowest BCUT2D eigenvalue weighted by Gasteiger charge is -2.43. The minimum absolute atomic E-state index is 0.112. The fraction of sp³-hybridized carbons (Fsp3) is 0.440. The molecule has 0 aliphatic carbocycles. The molecule has 2 aromatic rings. The van der Waals surface area contributed by atoms with Crippen LogP contribution in [0.2, 0.25) is 0 Å². The minimum atomic E-state index is -1.03. The second kappa shape index (κ2) is 11.1. The number of carboxylic acids is 1. The topological polar surface area (TPSA) is 89.9 Å². The second-order valence-electron chi connectivity index (χ2n) is 8.74. The van der Waals surface area contributed by atoms with Gasteiger partial charge in [-0.2, -0.15) is 0 Å². The molecule has 3 rings (SSSR count). The van der Waals surface area contributed by atoms with Crippen LogP contribution in [0.3, 0.4) is 0 Å². The van der Waals surface area contributed by atoms with Crippen LogP contribution in [-0.2, 0) is 16.0 Å². The zero-order chi connectivity index (χ0) is 23.3. The molecular formula is C25H31IN2O4. The van der Waals surface area contributed by atoms with Crippen molar-refractivity contribution < 1.29 is 19.8 Å². The molecule has 1 amide bonds. The van der Waals surface area contributed by atoms with Gasteiger partial charge in [0.25, 0.3) is 0 Å². The Bertz CT molecular complexity index is 934. The first-order valence-electron chi connectivity index (χ1n) is 11.0. The van der Waals surface area contributed by atoms with E-state index < -0.39 is 12.0 Å². The number of phenols is 1. The van der Waals surface area contributed by atoms with Gasteiger partial charge in [0, 0.05) is 29.0 Å². The van der Waals surface area contributed by atoms with Gasteiger partial charge in [-0.05, 0) is 82.8 Å². The molecule has 2 aromatic carbocycles. The third kappa shape index (κ3) is 6.45. The maximum absolute atomic E-state index is 12.6. The number of nitrogens with one attached hydrogen (secondary N) is 1. The van der Waals surface area contributed by atoms with Crippen molar-refractivity contribution in [3.63, 3.8) is 0 Å². The average Bonchev–Trinajstić information content (AvgIpc) is 2.75. The minimum Gasteiger partial charge on any atom is -0.508 e. The first-order chi connectivity index (χ1) is 15.2. The lowest BCUT2D eigenvalue weighted by atomic mass is 9.79. The zero-order valence-electron chi connectivity index (χ0n) is 18.5. The van der Waals surface area contributed by atoms with Crippen LogP contribution >= 0.6 is 22.6 Å². The van der Waals surface area contributed by atoms with Crippen molar-refractivity contribution >= 4 is 34.5 Å². The number of piperidine rings is 1. The summed E-state index contributed by atoms with van der Waals surface area (Å²) in [6.45, 7) is 5.86. The van der Waals surface area contributed by atoms with Crippen molar-refractivity contribution in [1.29, 1.82) is 0 Å². The van der Waals surface area contributed by atoms with Crippen LogP contribution in [0.1, 0.15) is 43.9 Å². The van der Waals surface area contributed by atoms with E-state index >= 15 is 0 Å². The van der Waals surface area contributed by atoms with Crippen molar-refractivity contribution in [3.8, 4) is 5.75 Å². The number of benzene rings is 2. The number of hydrogen-bond donors (Lipinski definition) is 3. The highest BCUT2D eigenvalue weighted by molar-refractivity contribution is 14.1. The number of aliphatic carboxylic acids is 1. The summed E-state index contributed by atoms with van der Waals surface area (Å²) in [6.07, 6.45) is 1.53. The van der Waals surface area contributed by atoms with Crippen LogP contribution in [0, 0.1) is 15.4 Å². The third-order valence-electron chi connectivity index (χ3n) is 6.48. The quantitative estimate of drug-likeness (QED) is 0.429. The van der Waals surface area contributed by atoms with Crippen molar-refractivity contribution in [2.24, 2.45) is 11.8 Å². The highest BCUT2D eigenvalue weighted by Gasteiger charge is 2.34. The number of halogens is 1. The molecule has 7 heteroatoms. The fourth-order valence-corrected chi connectivity index (χ4v) is 4.82. The molecule has 3 N–H and O–H groups in total. The van der Waals surface area contributed by atoms with Gasteiger partial charge >= 0.3 is 5.97 Å². The molecule has 0 bridgehead atoms. The Kier molecular flexibility index (Phi) is 8.53. The molecule has 32 heavy (non-hydrogen) atoms. The molecule has 0 saturated carbocycles. The Hall–Kier alpha value is -2.13. The molecule has 1 fully saturated rings. The Morgan fingerprint density at radius 2 is 1.91 bits per heavy atom. The molecule has 6 nitrogen and oxygen atoms in total. The maximum atomic E-state index is 12.6. The molecule has 1 heterocycles. The second-order valence-corrected chi connectivity index (χ2v) is 9.99. The summed E-state index contributed by atoms with van der Waals surface area (Å²) in [7, 11) is 0. The smallest absolute Gasteiger partial charge is 0.326 e. The molecule has 4 atom stereocenters.